The average molecular weight is 938 g/mol. The number of carbonyl (C=O) groups excluding carboxylic acids is 5. The van der Waals surface area contributed by atoms with Gasteiger partial charge in [0.05, 0.1) is 22.8 Å². The number of rotatable bonds is 19. The van der Waals surface area contributed by atoms with Crippen molar-refractivity contribution in [3.8, 4) is 5.75 Å². The van der Waals surface area contributed by atoms with Crippen LogP contribution in [0.4, 0.5) is 27.3 Å². The SMILES string of the molecule is C=CC(=O)Nc1cc2c(Nc3ccc(F)c(Cl)c3)ncnc2cc1OCCCN1CCC(N2CCN(C(=O)CCCCCCNc3cccc4c3CN(C3CCC(=O)NC3=O)C4=O)CC2)CC1. The van der Waals surface area contributed by atoms with Gasteiger partial charge in [0, 0.05) is 98.7 Å². The molecule has 5 amide bonds. The van der Waals surface area contributed by atoms with Crippen LogP contribution in [0.2, 0.25) is 5.02 Å². The number of imide groups is 1. The number of hydrogen-bond acceptors (Lipinski definition) is 12. The summed E-state index contributed by atoms with van der Waals surface area (Å²) in [6, 6.07) is 13.3. The van der Waals surface area contributed by atoms with E-state index in [0.29, 0.717) is 71.4 Å². The van der Waals surface area contributed by atoms with Crippen LogP contribution >= 0.6 is 11.6 Å². The van der Waals surface area contributed by atoms with E-state index in [2.05, 4.69) is 47.6 Å². The van der Waals surface area contributed by atoms with E-state index >= 15 is 0 Å². The standard InChI is InChI=1S/C49H58ClFN10O6/c1-2-44(62)56-41-28-35-40(53-31-54-47(35)55-32-12-13-38(51)37(50)27-32)29-43(41)67-26-8-19-58-20-16-33(17-21-58)59-22-24-60(25-23-59)46(64)11-5-3-4-6-18-52-39-10-7-9-34-36(39)30-61(49(34)66)42-14-15-45(63)57-48(42)65/h2,7,9-10,12-13,27-29,31,33,42,52H,1,3-6,8,11,14-26,30H2,(H,56,62)(H,53,54,55)(H,57,63,65). The van der Waals surface area contributed by atoms with Gasteiger partial charge in [-0.25, -0.2) is 14.4 Å². The normalized spacial score (nSPS) is 18.2. The van der Waals surface area contributed by atoms with Crippen molar-refractivity contribution in [2.24, 2.45) is 0 Å². The van der Waals surface area contributed by atoms with Gasteiger partial charge in [-0.1, -0.05) is 37.1 Å². The summed E-state index contributed by atoms with van der Waals surface area (Å²) in [6.45, 7) is 11.3. The van der Waals surface area contributed by atoms with Gasteiger partial charge < -0.3 is 35.4 Å². The molecule has 3 fully saturated rings. The molecule has 0 spiro atoms. The number of piperidine rings is 2. The second-order valence-electron chi connectivity index (χ2n) is 17.5. The highest BCUT2D eigenvalue weighted by atomic mass is 35.5. The molecule has 1 aromatic heterocycles. The Morgan fingerprint density at radius 1 is 0.925 bits per heavy atom. The van der Waals surface area contributed by atoms with Crippen molar-refractivity contribution in [3.05, 3.63) is 89.5 Å². The predicted octanol–water partition coefficient (Wildman–Crippen LogP) is 6.49. The monoisotopic (exact) mass is 936 g/mol. The van der Waals surface area contributed by atoms with Crippen molar-refractivity contribution < 1.29 is 33.1 Å². The number of fused-ring (bicyclic) bond motifs is 2. The lowest BCUT2D eigenvalue weighted by Crippen LogP contribution is -2.54. The maximum absolute atomic E-state index is 13.8. The number of benzene rings is 3. The molecule has 4 N–H and O–H groups in total. The molecule has 4 aliphatic heterocycles. The molecule has 5 heterocycles. The molecule has 354 valence electrons. The fourth-order valence-electron chi connectivity index (χ4n) is 9.50. The van der Waals surface area contributed by atoms with E-state index in [1.54, 1.807) is 29.2 Å². The molecule has 0 saturated carbocycles. The Morgan fingerprint density at radius 3 is 2.51 bits per heavy atom. The maximum atomic E-state index is 13.8. The largest absolute Gasteiger partial charge is 0.491 e. The number of anilines is 4. The molecule has 1 unspecified atom stereocenters. The van der Waals surface area contributed by atoms with Crippen molar-refractivity contribution >= 4 is 74.9 Å². The van der Waals surface area contributed by atoms with E-state index in [1.807, 2.05) is 17.0 Å². The lowest BCUT2D eigenvalue weighted by molar-refractivity contribution is -0.137. The minimum Gasteiger partial charge on any atom is -0.491 e. The molecule has 4 aliphatic rings. The van der Waals surface area contributed by atoms with Gasteiger partial charge in [-0.3, -0.25) is 34.2 Å². The number of unbranched alkanes of at least 4 members (excludes halogenated alkanes) is 3. The molecule has 18 heteroatoms. The highest BCUT2D eigenvalue weighted by Gasteiger charge is 2.40. The molecule has 67 heavy (non-hydrogen) atoms. The van der Waals surface area contributed by atoms with Gasteiger partial charge in [0.25, 0.3) is 5.91 Å². The van der Waals surface area contributed by atoms with Crippen LogP contribution in [-0.4, -0.2) is 130 Å². The third-order valence-corrected chi connectivity index (χ3v) is 13.5. The first-order chi connectivity index (χ1) is 32.5. The Labute approximate surface area is 394 Å². The molecule has 3 saturated heterocycles. The first kappa shape index (κ1) is 47.3. The van der Waals surface area contributed by atoms with E-state index in [0.717, 1.165) is 109 Å². The van der Waals surface area contributed by atoms with Crippen molar-refractivity contribution in [2.45, 2.75) is 82.8 Å². The summed E-state index contributed by atoms with van der Waals surface area (Å²) in [5.74, 6) is -0.622. The Kier molecular flexibility index (Phi) is 15.6. The van der Waals surface area contributed by atoms with E-state index in [-0.39, 0.29) is 35.1 Å². The molecule has 0 aliphatic carbocycles. The fourth-order valence-corrected chi connectivity index (χ4v) is 9.68. The Hall–Kier alpha value is -6.17. The van der Waals surface area contributed by atoms with E-state index in [1.165, 1.54) is 24.5 Å². The maximum Gasteiger partial charge on any atom is 0.255 e. The zero-order valence-corrected chi connectivity index (χ0v) is 38.4. The summed E-state index contributed by atoms with van der Waals surface area (Å²) in [4.78, 5) is 80.1. The van der Waals surface area contributed by atoms with E-state index < -0.39 is 17.8 Å². The van der Waals surface area contributed by atoms with Crippen LogP contribution < -0.4 is 26.0 Å². The number of aromatic nitrogens is 2. The van der Waals surface area contributed by atoms with Gasteiger partial charge in [0.2, 0.25) is 23.6 Å². The molecule has 0 bridgehead atoms. The minimum atomic E-state index is -0.634. The molecule has 1 atom stereocenters. The average Bonchev–Trinajstić information content (AvgIpc) is 3.67. The highest BCUT2D eigenvalue weighted by Crippen LogP contribution is 2.35. The molecule has 4 aromatic rings. The van der Waals surface area contributed by atoms with Crippen molar-refractivity contribution in [2.75, 3.05) is 74.9 Å². The lowest BCUT2D eigenvalue weighted by Gasteiger charge is -2.42. The van der Waals surface area contributed by atoms with Crippen LogP contribution in [0.1, 0.15) is 80.1 Å². The number of carbonyl (C=O) groups is 5. The third kappa shape index (κ3) is 11.7. The minimum absolute atomic E-state index is 0.0203. The number of ether oxygens (including phenoxy) is 1. The summed E-state index contributed by atoms with van der Waals surface area (Å²) in [5, 5.41) is 12.4. The van der Waals surface area contributed by atoms with Crippen LogP contribution in [0.15, 0.2) is 67.5 Å². The highest BCUT2D eigenvalue weighted by molar-refractivity contribution is 6.31. The zero-order chi connectivity index (χ0) is 46.9. The van der Waals surface area contributed by atoms with Gasteiger partial charge in [-0.2, -0.15) is 0 Å². The number of piperazine rings is 1. The first-order valence-electron chi connectivity index (χ1n) is 23.4. The quantitative estimate of drug-likeness (QED) is 0.0457. The third-order valence-electron chi connectivity index (χ3n) is 13.2. The van der Waals surface area contributed by atoms with E-state index in [4.69, 9.17) is 16.3 Å². The Balaban J connectivity index is 0.703. The van der Waals surface area contributed by atoms with Crippen LogP contribution in [0.3, 0.4) is 0 Å². The second-order valence-corrected chi connectivity index (χ2v) is 18.0. The summed E-state index contributed by atoms with van der Waals surface area (Å²) >= 11 is 5.99. The Bertz CT molecular complexity index is 2490. The van der Waals surface area contributed by atoms with E-state index in [9.17, 15) is 28.4 Å². The molecular formula is C49H58ClFN10O6. The summed E-state index contributed by atoms with van der Waals surface area (Å²) in [7, 11) is 0. The van der Waals surface area contributed by atoms with Gasteiger partial charge >= 0.3 is 0 Å². The van der Waals surface area contributed by atoms with Gasteiger partial charge in [0.1, 0.15) is 29.8 Å². The number of nitrogens with one attached hydrogen (secondary N) is 4. The van der Waals surface area contributed by atoms with Gasteiger partial charge in [0.15, 0.2) is 0 Å². The van der Waals surface area contributed by atoms with Crippen molar-refractivity contribution in [1.82, 2.24) is 34.9 Å². The van der Waals surface area contributed by atoms with Crippen LogP contribution in [-0.2, 0) is 25.7 Å². The number of halogens is 2. The predicted molar refractivity (Wildman–Crippen MR) is 255 cm³/mol. The topological polar surface area (TPSA) is 181 Å². The van der Waals surface area contributed by atoms with Gasteiger partial charge in [-0.05, 0) is 94.1 Å². The van der Waals surface area contributed by atoms with Crippen molar-refractivity contribution in [1.29, 1.82) is 0 Å². The number of hydrogen-bond donors (Lipinski definition) is 4. The first-order valence-corrected chi connectivity index (χ1v) is 23.7. The van der Waals surface area contributed by atoms with Crippen LogP contribution in [0.5, 0.6) is 5.75 Å². The molecule has 16 nitrogen and oxygen atoms in total. The second kappa shape index (κ2) is 22.1. The van der Waals surface area contributed by atoms with Crippen LogP contribution in [0, 0.1) is 5.82 Å². The smallest absolute Gasteiger partial charge is 0.255 e. The Morgan fingerprint density at radius 2 is 1.73 bits per heavy atom. The molecule has 3 aromatic carbocycles. The summed E-state index contributed by atoms with van der Waals surface area (Å²) in [6.07, 6.45) is 10.5. The molecule has 0 radical (unpaired) electrons. The fraction of sp³-hybridized carbons (Fsp3) is 0.449. The van der Waals surface area contributed by atoms with Gasteiger partial charge in [-0.15, -0.1) is 0 Å². The molecule has 8 rings (SSSR count). The lowest BCUT2D eigenvalue weighted by atomic mass is 10.0. The number of nitrogens with zero attached hydrogens (tertiary/aromatic N) is 6. The van der Waals surface area contributed by atoms with Crippen LogP contribution in [0.25, 0.3) is 10.9 Å². The summed E-state index contributed by atoms with van der Waals surface area (Å²) in [5.41, 5.74) is 3.98. The van der Waals surface area contributed by atoms with Crippen molar-refractivity contribution in [3.63, 3.8) is 0 Å². The zero-order valence-electron chi connectivity index (χ0n) is 37.7. The number of likely N-dealkylation sites (tertiary alicyclic amines) is 1. The summed E-state index contributed by atoms with van der Waals surface area (Å²) < 4.78 is 20.0. The molecular weight excluding hydrogens is 879 g/mol. The number of amides is 5.